The number of amides is 1. The molecule has 4 rings (SSSR count). The number of rotatable bonds is 9. The number of benzene rings is 3. The van der Waals surface area contributed by atoms with Gasteiger partial charge in [-0.2, -0.15) is 4.31 Å². The molecule has 1 aliphatic heterocycles. The molecule has 0 bridgehead atoms. The van der Waals surface area contributed by atoms with Gasteiger partial charge in [-0.05, 0) is 47.5 Å². The number of fused-ring (bicyclic) bond motifs is 1. The van der Waals surface area contributed by atoms with Crippen molar-refractivity contribution in [2.45, 2.75) is 18.0 Å². The van der Waals surface area contributed by atoms with Crippen molar-refractivity contribution >= 4 is 15.9 Å². The Balaban J connectivity index is 1.69. The largest absolute Gasteiger partial charge is 0.493 e. The second-order valence-corrected chi connectivity index (χ2v) is 9.84. The van der Waals surface area contributed by atoms with E-state index in [9.17, 15) is 13.2 Å². The van der Waals surface area contributed by atoms with Gasteiger partial charge in [0.15, 0.2) is 23.0 Å². The van der Waals surface area contributed by atoms with E-state index in [1.54, 1.807) is 41.9 Å². The molecule has 0 spiro atoms. The lowest BCUT2D eigenvalue weighted by Crippen LogP contribution is -2.30. The smallest absolute Gasteiger partial charge is 0.274 e. The Bertz CT molecular complexity index is 1340. The maximum absolute atomic E-state index is 13.8. The van der Waals surface area contributed by atoms with Crippen LogP contribution in [0.1, 0.15) is 21.5 Å². The topological polar surface area (TPSA) is 124 Å². The van der Waals surface area contributed by atoms with Gasteiger partial charge in [-0.25, -0.2) is 13.9 Å². The number of carbonyl (C=O) groups excluding carboxylic acids is 1. The van der Waals surface area contributed by atoms with Gasteiger partial charge in [0.25, 0.3) is 5.91 Å². The van der Waals surface area contributed by atoms with Gasteiger partial charge in [-0.1, -0.05) is 18.2 Å². The van der Waals surface area contributed by atoms with E-state index in [-0.39, 0.29) is 23.5 Å². The number of ether oxygens (including phenoxy) is 4. The number of hydrogen-bond donors (Lipinski definition) is 2. The van der Waals surface area contributed by atoms with Crippen LogP contribution in [0.4, 0.5) is 0 Å². The summed E-state index contributed by atoms with van der Waals surface area (Å²) in [5, 5.41) is 8.84. The van der Waals surface area contributed by atoms with E-state index in [0.717, 1.165) is 0 Å². The van der Waals surface area contributed by atoms with Crippen LogP contribution in [0.5, 0.6) is 23.0 Å². The van der Waals surface area contributed by atoms with Gasteiger partial charge in [0.2, 0.25) is 10.0 Å². The third kappa shape index (κ3) is 5.38. The monoisotopic (exact) mass is 514 g/mol. The molecule has 0 aromatic heterocycles. The quantitative estimate of drug-likeness (QED) is 0.330. The van der Waals surface area contributed by atoms with E-state index in [1.165, 1.54) is 42.8 Å². The number of carbonyl (C=O) groups is 1. The van der Waals surface area contributed by atoms with Crippen LogP contribution < -0.4 is 24.4 Å². The summed E-state index contributed by atoms with van der Waals surface area (Å²) in [6, 6.07) is 16.0. The zero-order valence-electron chi connectivity index (χ0n) is 19.8. The van der Waals surface area contributed by atoms with Crippen molar-refractivity contribution in [1.82, 2.24) is 9.79 Å². The second-order valence-electron chi connectivity index (χ2n) is 7.91. The zero-order valence-corrected chi connectivity index (χ0v) is 20.6. The summed E-state index contributed by atoms with van der Waals surface area (Å²) in [5.41, 5.74) is 3.14. The lowest BCUT2D eigenvalue weighted by molar-refractivity contribution is 0.0706. The first-order chi connectivity index (χ1) is 17.3. The molecule has 0 radical (unpaired) electrons. The summed E-state index contributed by atoms with van der Waals surface area (Å²) >= 11 is 0. The predicted molar refractivity (Wildman–Crippen MR) is 129 cm³/mol. The minimum atomic E-state index is -3.99. The van der Waals surface area contributed by atoms with Gasteiger partial charge >= 0.3 is 0 Å². The molecule has 0 saturated heterocycles. The van der Waals surface area contributed by atoms with Crippen LogP contribution in [0.2, 0.25) is 0 Å². The van der Waals surface area contributed by atoms with Crippen LogP contribution in [0.3, 0.4) is 0 Å². The molecule has 36 heavy (non-hydrogen) atoms. The molecule has 11 heteroatoms. The molecule has 0 atom stereocenters. The lowest BCUT2D eigenvalue weighted by atomic mass is 10.1. The molecule has 0 fully saturated rings. The lowest BCUT2D eigenvalue weighted by Gasteiger charge is -2.24. The highest BCUT2D eigenvalue weighted by Gasteiger charge is 2.27. The van der Waals surface area contributed by atoms with Gasteiger partial charge in [0, 0.05) is 24.7 Å². The molecular weight excluding hydrogens is 488 g/mol. The highest BCUT2D eigenvalue weighted by molar-refractivity contribution is 7.89. The summed E-state index contributed by atoms with van der Waals surface area (Å²) < 4.78 is 50.7. The van der Waals surface area contributed by atoms with Crippen molar-refractivity contribution in [1.29, 1.82) is 0 Å². The first kappa shape index (κ1) is 25.3. The van der Waals surface area contributed by atoms with Crippen LogP contribution >= 0.6 is 0 Å². The number of sulfonamides is 1. The first-order valence-corrected chi connectivity index (χ1v) is 12.4. The molecule has 0 aliphatic carbocycles. The number of nitrogens with one attached hydrogen (secondary N) is 1. The van der Waals surface area contributed by atoms with E-state index in [0.29, 0.717) is 47.3 Å². The Morgan fingerprint density at radius 1 is 0.889 bits per heavy atom. The third-order valence-electron chi connectivity index (χ3n) is 5.63. The summed E-state index contributed by atoms with van der Waals surface area (Å²) in [7, 11) is -0.957. The van der Waals surface area contributed by atoms with Gasteiger partial charge < -0.3 is 18.9 Å². The van der Waals surface area contributed by atoms with Crippen LogP contribution in [0.15, 0.2) is 65.6 Å². The third-order valence-corrected chi connectivity index (χ3v) is 7.42. The van der Waals surface area contributed by atoms with Crippen molar-refractivity contribution in [3.05, 3.63) is 77.4 Å². The molecule has 1 aliphatic rings. The van der Waals surface area contributed by atoms with Crippen LogP contribution in [0, 0.1) is 0 Å². The molecule has 0 unspecified atom stereocenters. The van der Waals surface area contributed by atoms with Crippen molar-refractivity contribution in [3.8, 4) is 23.0 Å². The Hall–Kier alpha value is -3.80. The van der Waals surface area contributed by atoms with Gasteiger partial charge in [0.05, 0.1) is 19.1 Å². The first-order valence-electron chi connectivity index (χ1n) is 11.0. The van der Waals surface area contributed by atoms with Crippen molar-refractivity contribution < 1.29 is 37.4 Å². The molecule has 3 aromatic carbocycles. The second kappa shape index (κ2) is 10.9. The number of methoxy groups -OCH3 is 2. The predicted octanol–water partition coefficient (Wildman–Crippen LogP) is 2.99. The number of hydroxylamine groups is 1. The van der Waals surface area contributed by atoms with Crippen molar-refractivity contribution in [2.75, 3.05) is 27.4 Å². The van der Waals surface area contributed by atoms with E-state index in [4.69, 9.17) is 24.2 Å². The molecule has 1 heterocycles. The van der Waals surface area contributed by atoms with Crippen LogP contribution in [-0.4, -0.2) is 51.3 Å². The maximum atomic E-state index is 13.8. The Kier molecular flexibility index (Phi) is 7.63. The maximum Gasteiger partial charge on any atom is 0.274 e. The van der Waals surface area contributed by atoms with Gasteiger partial charge in [0.1, 0.15) is 13.2 Å². The minimum absolute atomic E-state index is 0.0200. The molecule has 2 N–H and O–H groups in total. The highest BCUT2D eigenvalue weighted by Crippen LogP contribution is 2.34. The van der Waals surface area contributed by atoms with Crippen molar-refractivity contribution in [2.24, 2.45) is 0 Å². The van der Waals surface area contributed by atoms with Crippen LogP contribution in [0.25, 0.3) is 0 Å². The fourth-order valence-electron chi connectivity index (χ4n) is 3.77. The Labute approximate surface area is 209 Å². The summed E-state index contributed by atoms with van der Waals surface area (Å²) in [6.07, 6.45) is 0. The molecular formula is C25H26N2O8S. The van der Waals surface area contributed by atoms with Gasteiger partial charge in [-0.15, -0.1) is 0 Å². The molecule has 0 saturated carbocycles. The number of nitrogens with zero attached hydrogens (tertiary/aromatic N) is 1. The van der Waals surface area contributed by atoms with E-state index in [2.05, 4.69) is 0 Å². The SMILES string of the molecule is COc1ccc(CN(Cc2ccc(C(=O)NO)cc2)S(=O)(=O)c2ccc3c(c2)OCCO3)cc1OC. The van der Waals surface area contributed by atoms with Crippen LogP contribution in [-0.2, 0) is 23.1 Å². The summed E-state index contributed by atoms with van der Waals surface area (Å²) in [6.45, 7) is 0.788. The average molecular weight is 515 g/mol. The van der Waals surface area contributed by atoms with Gasteiger partial charge in [-0.3, -0.25) is 10.0 Å². The zero-order chi connectivity index (χ0) is 25.7. The normalized spacial score (nSPS) is 12.8. The summed E-state index contributed by atoms with van der Waals surface area (Å²) in [4.78, 5) is 11.7. The molecule has 10 nitrogen and oxygen atoms in total. The number of hydrogen-bond acceptors (Lipinski definition) is 8. The highest BCUT2D eigenvalue weighted by atomic mass is 32.2. The fraction of sp³-hybridized carbons (Fsp3) is 0.240. The van der Waals surface area contributed by atoms with E-state index in [1.807, 2.05) is 0 Å². The molecule has 190 valence electrons. The standard InChI is InChI=1S/C25H26N2O8S/c1-32-21-9-5-18(13-23(21)33-2)16-27(15-17-3-6-19(7-4-17)25(28)26-29)36(30,31)20-8-10-22-24(14-20)35-12-11-34-22/h3-10,13-14,29H,11-12,15-16H2,1-2H3,(H,26,28). The average Bonchev–Trinajstić information content (AvgIpc) is 2.92. The van der Waals surface area contributed by atoms with Crippen molar-refractivity contribution in [3.63, 3.8) is 0 Å². The molecule has 1 amide bonds. The Morgan fingerprint density at radius 3 is 2.19 bits per heavy atom. The molecule has 3 aromatic rings. The Morgan fingerprint density at radius 2 is 1.53 bits per heavy atom. The summed E-state index contributed by atoms with van der Waals surface area (Å²) in [5.74, 6) is 1.20. The van der Waals surface area contributed by atoms with E-state index >= 15 is 0 Å². The minimum Gasteiger partial charge on any atom is -0.493 e. The van der Waals surface area contributed by atoms with E-state index < -0.39 is 15.9 Å². The fourth-order valence-corrected chi connectivity index (χ4v) is 5.20.